The van der Waals surface area contributed by atoms with Crippen molar-refractivity contribution in [3.63, 3.8) is 0 Å². The Kier molecular flexibility index (Phi) is 5.17. The van der Waals surface area contributed by atoms with Gasteiger partial charge in [0.2, 0.25) is 0 Å². The molecule has 0 aliphatic carbocycles. The van der Waals surface area contributed by atoms with E-state index in [1.165, 1.54) is 6.39 Å². The Morgan fingerprint density at radius 3 is 2.54 bits per heavy atom. The number of nitrogens with one attached hydrogen (secondary N) is 1. The van der Waals surface area contributed by atoms with Crippen LogP contribution in [0.5, 0.6) is 11.5 Å². The highest BCUT2D eigenvalue weighted by molar-refractivity contribution is 5.97. The minimum atomic E-state index is -0.326. The van der Waals surface area contributed by atoms with Gasteiger partial charge in [-0.2, -0.15) is 0 Å². The molecule has 0 bridgehead atoms. The topological polar surface area (TPSA) is 86.5 Å². The molecule has 2 heterocycles. The summed E-state index contributed by atoms with van der Waals surface area (Å²) in [6, 6.07) is 8.78. The number of carbonyl (C=O) groups excluding carboxylic acids is 1. The fraction of sp³-hybridized carbons (Fsp3) is 0.211. The molecule has 1 amide bonds. The van der Waals surface area contributed by atoms with Crippen LogP contribution in [0.2, 0.25) is 0 Å². The molecule has 3 aromatic rings. The Morgan fingerprint density at radius 2 is 1.85 bits per heavy atom. The largest absolute Gasteiger partial charge is 0.493 e. The van der Waals surface area contributed by atoms with Gasteiger partial charge in [-0.1, -0.05) is 0 Å². The van der Waals surface area contributed by atoms with Gasteiger partial charge in [-0.25, -0.2) is 4.98 Å². The van der Waals surface area contributed by atoms with E-state index in [9.17, 15) is 4.79 Å². The third-order valence-corrected chi connectivity index (χ3v) is 3.98. The Bertz CT molecular complexity index is 893. The van der Waals surface area contributed by atoms with E-state index in [1.54, 1.807) is 44.8 Å². The third kappa shape index (κ3) is 3.51. The lowest BCUT2D eigenvalue weighted by atomic mass is 10.1. The van der Waals surface area contributed by atoms with Crippen LogP contribution in [0.1, 0.15) is 29.0 Å². The predicted octanol–water partition coefficient (Wildman–Crippen LogP) is 3.24. The van der Waals surface area contributed by atoms with Gasteiger partial charge >= 0.3 is 0 Å². The summed E-state index contributed by atoms with van der Waals surface area (Å²) in [7, 11) is 3.11. The number of carbonyl (C=O) groups is 1. The van der Waals surface area contributed by atoms with Gasteiger partial charge in [-0.3, -0.25) is 9.78 Å². The smallest absolute Gasteiger partial charge is 0.274 e. The van der Waals surface area contributed by atoms with Crippen LogP contribution in [0.3, 0.4) is 0 Å². The van der Waals surface area contributed by atoms with E-state index in [0.717, 1.165) is 5.56 Å². The van der Waals surface area contributed by atoms with Crippen LogP contribution < -0.4 is 14.8 Å². The molecule has 3 rings (SSSR count). The van der Waals surface area contributed by atoms with Crippen molar-refractivity contribution < 1.29 is 18.7 Å². The number of aromatic nitrogens is 2. The maximum atomic E-state index is 12.7. The standard InChI is InChI=1S/C19H19N3O4/c1-12(13-6-8-20-9-7-13)22-19(23)17-18(26-11-21-17)14-4-5-15(24-2)16(10-14)25-3/h4-12H,1-3H3,(H,22,23). The van der Waals surface area contributed by atoms with Crippen molar-refractivity contribution in [3.05, 3.63) is 60.4 Å². The molecule has 7 nitrogen and oxygen atoms in total. The second kappa shape index (κ2) is 7.69. The predicted molar refractivity (Wildman–Crippen MR) is 95.2 cm³/mol. The van der Waals surface area contributed by atoms with E-state index in [-0.39, 0.29) is 17.6 Å². The number of nitrogens with zero attached hydrogens (tertiary/aromatic N) is 2. The maximum Gasteiger partial charge on any atom is 0.274 e. The minimum Gasteiger partial charge on any atom is -0.493 e. The maximum absolute atomic E-state index is 12.7. The zero-order chi connectivity index (χ0) is 18.5. The van der Waals surface area contributed by atoms with E-state index in [0.29, 0.717) is 22.8 Å². The first kappa shape index (κ1) is 17.5. The van der Waals surface area contributed by atoms with Crippen molar-refractivity contribution in [1.82, 2.24) is 15.3 Å². The molecular weight excluding hydrogens is 334 g/mol. The first-order valence-corrected chi connectivity index (χ1v) is 8.00. The Labute approximate surface area is 151 Å². The zero-order valence-corrected chi connectivity index (χ0v) is 14.7. The highest BCUT2D eigenvalue weighted by Gasteiger charge is 2.21. The molecule has 26 heavy (non-hydrogen) atoms. The van der Waals surface area contributed by atoms with Crippen LogP contribution in [0.4, 0.5) is 0 Å². The molecule has 0 fully saturated rings. The van der Waals surface area contributed by atoms with Crippen LogP contribution >= 0.6 is 0 Å². The number of hydrogen-bond donors (Lipinski definition) is 1. The average molecular weight is 353 g/mol. The van der Waals surface area contributed by atoms with Crippen LogP contribution in [0, 0.1) is 0 Å². The third-order valence-electron chi connectivity index (χ3n) is 3.98. The molecule has 0 saturated carbocycles. The molecule has 0 aliphatic rings. The number of methoxy groups -OCH3 is 2. The first-order valence-electron chi connectivity index (χ1n) is 8.00. The fourth-order valence-electron chi connectivity index (χ4n) is 2.59. The summed E-state index contributed by atoms with van der Waals surface area (Å²) >= 11 is 0. The quantitative estimate of drug-likeness (QED) is 0.732. The number of amides is 1. The summed E-state index contributed by atoms with van der Waals surface area (Å²) in [5.74, 6) is 1.17. The summed E-state index contributed by atoms with van der Waals surface area (Å²) in [4.78, 5) is 20.7. The van der Waals surface area contributed by atoms with Crippen molar-refractivity contribution in [2.75, 3.05) is 14.2 Å². The Morgan fingerprint density at radius 1 is 1.12 bits per heavy atom. The van der Waals surface area contributed by atoms with Crippen molar-refractivity contribution >= 4 is 5.91 Å². The van der Waals surface area contributed by atoms with E-state index < -0.39 is 0 Å². The van der Waals surface area contributed by atoms with Gasteiger partial charge in [0.1, 0.15) is 0 Å². The summed E-state index contributed by atoms with van der Waals surface area (Å²) in [6.07, 6.45) is 4.62. The molecule has 0 spiro atoms. The highest BCUT2D eigenvalue weighted by atomic mass is 16.5. The molecule has 1 aromatic carbocycles. The number of hydrogen-bond acceptors (Lipinski definition) is 6. The number of oxazole rings is 1. The van der Waals surface area contributed by atoms with Crippen molar-refractivity contribution in [3.8, 4) is 22.8 Å². The van der Waals surface area contributed by atoms with Crippen molar-refractivity contribution in [1.29, 1.82) is 0 Å². The van der Waals surface area contributed by atoms with E-state index in [1.807, 2.05) is 19.1 Å². The number of benzene rings is 1. The highest BCUT2D eigenvalue weighted by Crippen LogP contribution is 2.33. The van der Waals surface area contributed by atoms with Gasteiger partial charge in [-0.15, -0.1) is 0 Å². The SMILES string of the molecule is COc1ccc(-c2ocnc2C(=O)NC(C)c2ccncc2)cc1OC. The van der Waals surface area contributed by atoms with Gasteiger partial charge in [-0.05, 0) is 42.8 Å². The lowest BCUT2D eigenvalue weighted by Gasteiger charge is -2.13. The molecule has 0 aliphatic heterocycles. The Hall–Kier alpha value is -3.35. The summed E-state index contributed by atoms with van der Waals surface area (Å²) in [5, 5.41) is 2.91. The lowest BCUT2D eigenvalue weighted by Crippen LogP contribution is -2.27. The zero-order valence-electron chi connectivity index (χ0n) is 14.7. The second-order valence-corrected chi connectivity index (χ2v) is 5.58. The van der Waals surface area contributed by atoms with E-state index in [2.05, 4.69) is 15.3 Å². The van der Waals surface area contributed by atoms with E-state index in [4.69, 9.17) is 13.9 Å². The van der Waals surface area contributed by atoms with Gasteiger partial charge in [0.05, 0.1) is 20.3 Å². The van der Waals surface area contributed by atoms with Crippen molar-refractivity contribution in [2.45, 2.75) is 13.0 Å². The molecule has 1 unspecified atom stereocenters. The van der Waals surface area contributed by atoms with Crippen LogP contribution in [-0.4, -0.2) is 30.1 Å². The number of pyridine rings is 1. The van der Waals surface area contributed by atoms with Crippen LogP contribution in [-0.2, 0) is 0 Å². The Balaban J connectivity index is 1.85. The van der Waals surface area contributed by atoms with Gasteiger partial charge in [0.15, 0.2) is 29.3 Å². The molecule has 7 heteroatoms. The summed E-state index contributed by atoms with van der Waals surface area (Å²) in [5.41, 5.74) is 1.82. The fourth-order valence-corrected chi connectivity index (χ4v) is 2.59. The van der Waals surface area contributed by atoms with E-state index >= 15 is 0 Å². The molecule has 1 atom stereocenters. The second-order valence-electron chi connectivity index (χ2n) is 5.58. The summed E-state index contributed by atoms with van der Waals surface area (Å²) in [6.45, 7) is 1.89. The number of rotatable bonds is 6. The first-order chi connectivity index (χ1) is 12.6. The lowest BCUT2D eigenvalue weighted by molar-refractivity contribution is 0.0935. The molecular formula is C19H19N3O4. The molecule has 0 saturated heterocycles. The monoisotopic (exact) mass is 353 g/mol. The summed E-state index contributed by atoms with van der Waals surface area (Å²) < 4.78 is 16.0. The average Bonchev–Trinajstić information content (AvgIpc) is 3.18. The molecule has 0 radical (unpaired) electrons. The van der Waals surface area contributed by atoms with Gasteiger partial charge < -0.3 is 19.2 Å². The molecule has 134 valence electrons. The minimum absolute atomic E-state index is 0.194. The van der Waals surface area contributed by atoms with Gasteiger partial charge in [0, 0.05) is 18.0 Å². The van der Waals surface area contributed by atoms with Gasteiger partial charge in [0.25, 0.3) is 5.91 Å². The van der Waals surface area contributed by atoms with Crippen LogP contribution in [0.15, 0.2) is 53.5 Å². The van der Waals surface area contributed by atoms with Crippen molar-refractivity contribution in [2.24, 2.45) is 0 Å². The molecule has 1 N–H and O–H groups in total. The van der Waals surface area contributed by atoms with Crippen LogP contribution in [0.25, 0.3) is 11.3 Å². The normalized spacial score (nSPS) is 11.7. The number of ether oxygens (including phenoxy) is 2. The molecule has 2 aromatic heterocycles.